The Bertz CT molecular complexity index is 1970. The van der Waals surface area contributed by atoms with E-state index in [1.165, 1.54) is 5.56 Å². The van der Waals surface area contributed by atoms with Gasteiger partial charge >= 0.3 is 0 Å². The van der Waals surface area contributed by atoms with Crippen molar-refractivity contribution in [2.24, 2.45) is 0 Å². The highest BCUT2D eigenvalue weighted by molar-refractivity contribution is 5.94. The Morgan fingerprint density at radius 2 is 1.48 bits per heavy atom. The summed E-state index contributed by atoms with van der Waals surface area (Å²) in [6.45, 7) is 3.31. The number of nitrogens with two attached hydrogens (primary N) is 1. The van der Waals surface area contributed by atoms with Gasteiger partial charge in [-0.25, -0.2) is 0 Å². The number of carbonyl (C=O) groups excluding carboxylic acids is 2. The number of para-hydroxylation sites is 2. The molecule has 0 aromatic heterocycles. The fourth-order valence-electron chi connectivity index (χ4n) is 6.79. The van der Waals surface area contributed by atoms with Crippen molar-refractivity contribution in [2.45, 2.75) is 70.3 Å². The number of nitrogen functional groups attached to an aromatic ring is 1. The maximum absolute atomic E-state index is 12.7. The van der Waals surface area contributed by atoms with Gasteiger partial charge in [-0.3, -0.25) is 14.5 Å². The Morgan fingerprint density at radius 1 is 0.815 bits per heavy atom. The van der Waals surface area contributed by atoms with Crippen molar-refractivity contribution in [3.05, 3.63) is 155 Å². The molecule has 1 fully saturated rings. The van der Waals surface area contributed by atoms with E-state index in [9.17, 15) is 14.7 Å². The zero-order valence-corrected chi connectivity index (χ0v) is 31.0. The van der Waals surface area contributed by atoms with Crippen LogP contribution in [0.2, 0.25) is 0 Å². The third-order valence-electron chi connectivity index (χ3n) is 10.1. The van der Waals surface area contributed by atoms with Crippen LogP contribution in [-0.2, 0) is 32.2 Å². The number of hydrogen-bond donors (Lipinski definition) is 4. The van der Waals surface area contributed by atoms with Gasteiger partial charge in [0, 0.05) is 44.0 Å². The number of rotatable bonds is 15. The van der Waals surface area contributed by atoms with E-state index < -0.39 is 6.29 Å². The molecule has 5 aromatic carbocycles. The maximum atomic E-state index is 12.7. The summed E-state index contributed by atoms with van der Waals surface area (Å²) in [5.41, 5.74) is 14.1. The molecule has 2 amide bonds. The van der Waals surface area contributed by atoms with Crippen LogP contribution < -0.4 is 16.4 Å². The molecule has 4 atom stereocenters. The summed E-state index contributed by atoms with van der Waals surface area (Å²) in [5, 5.41) is 15.4. The number of carbonyl (C=O) groups is 2. The zero-order valence-electron chi connectivity index (χ0n) is 31.0. The van der Waals surface area contributed by atoms with E-state index in [-0.39, 0.29) is 49.5 Å². The molecule has 9 heteroatoms. The summed E-state index contributed by atoms with van der Waals surface area (Å²) in [4.78, 5) is 27.4. The molecule has 0 unspecified atom stereocenters. The van der Waals surface area contributed by atoms with Gasteiger partial charge in [0.2, 0.25) is 11.8 Å². The number of hydrogen-bond acceptors (Lipinski definition) is 7. The lowest BCUT2D eigenvalue weighted by atomic mass is 9.97. The van der Waals surface area contributed by atoms with Gasteiger partial charge in [-0.1, -0.05) is 115 Å². The van der Waals surface area contributed by atoms with Gasteiger partial charge in [0.05, 0.1) is 30.2 Å². The second kappa shape index (κ2) is 18.6. The van der Waals surface area contributed by atoms with Crippen LogP contribution in [0.4, 0.5) is 11.4 Å². The largest absolute Gasteiger partial charge is 0.397 e. The van der Waals surface area contributed by atoms with Crippen LogP contribution in [0.1, 0.15) is 78.9 Å². The fourth-order valence-corrected chi connectivity index (χ4v) is 6.79. The van der Waals surface area contributed by atoms with E-state index in [1.807, 2.05) is 72.8 Å². The smallest absolute Gasteiger partial charge is 0.224 e. The van der Waals surface area contributed by atoms with Crippen molar-refractivity contribution in [1.82, 2.24) is 10.2 Å². The summed E-state index contributed by atoms with van der Waals surface area (Å²) in [5.74, 6) is -0.288. The van der Waals surface area contributed by atoms with Crippen molar-refractivity contribution < 1.29 is 24.2 Å². The molecule has 0 radical (unpaired) electrons. The van der Waals surface area contributed by atoms with E-state index in [4.69, 9.17) is 15.2 Å². The minimum Gasteiger partial charge on any atom is -0.397 e. The number of nitrogens with one attached hydrogen (secondary N) is 2. The summed E-state index contributed by atoms with van der Waals surface area (Å²) in [6.07, 6.45) is 0.768. The van der Waals surface area contributed by atoms with Crippen LogP contribution in [0.3, 0.4) is 0 Å². The fraction of sp³-hybridized carbons (Fsp3) is 0.289. The number of aliphatic hydroxyl groups is 1. The van der Waals surface area contributed by atoms with Gasteiger partial charge in [0.1, 0.15) is 0 Å². The molecule has 0 aliphatic carbocycles. The second-order valence-electron chi connectivity index (χ2n) is 13.9. The van der Waals surface area contributed by atoms with E-state index in [2.05, 4.69) is 72.0 Å². The highest BCUT2D eigenvalue weighted by Gasteiger charge is 2.33. The first-order chi connectivity index (χ1) is 26.3. The Hall–Kier alpha value is -5.32. The number of amides is 2. The first kappa shape index (κ1) is 38.4. The zero-order chi connectivity index (χ0) is 37.9. The number of ether oxygens (including phenoxy) is 2. The lowest BCUT2D eigenvalue weighted by molar-refractivity contribution is -0.253. The molecule has 280 valence electrons. The highest BCUT2D eigenvalue weighted by Crippen LogP contribution is 2.39. The molecule has 9 nitrogen and oxygen atoms in total. The Labute approximate surface area is 318 Å². The third-order valence-corrected chi connectivity index (χ3v) is 10.1. The van der Waals surface area contributed by atoms with Crippen molar-refractivity contribution in [3.63, 3.8) is 0 Å². The lowest BCUT2D eigenvalue weighted by Gasteiger charge is -2.39. The molecule has 1 aliphatic heterocycles. The third kappa shape index (κ3) is 10.2. The van der Waals surface area contributed by atoms with Gasteiger partial charge in [0.25, 0.3) is 0 Å². The molecule has 0 bridgehead atoms. The molecule has 1 saturated heterocycles. The van der Waals surface area contributed by atoms with E-state index in [0.29, 0.717) is 30.8 Å². The molecule has 1 heterocycles. The highest BCUT2D eigenvalue weighted by atomic mass is 16.7. The average Bonchev–Trinajstić information content (AvgIpc) is 3.21. The number of anilines is 2. The van der Waals surface area contributed by atoms with E-state index in [0.717, 1.165) is 39.9 Å². The van der Waals surface area contributed by atoms with Gasteiger partial charge in [-0.2, -0.15) is 0 Å². The van der Waals surface area contributed by atoms with Crippen LogP contribution in [0.15, 0.2) is 127 Å². The Balaban J connectivity index is 1.09. The molecular weight excluding hydrogens is 677 g/mol. The molecule has 1 aliphatic rings. The molecule has 0 saturated carbocycles. The molecule has 0 spiro atoms. The monoisotopic (exact) mass is 726 g/mol. The van der Waals surface area contributed by atoms with Gasteiger partial charge < -0.3 is 30.9 Å². The molecular formula is C45H50N4O5. The van der Waals surface area contributed by atoms with Crippen molar-refractivity contribution in [2.75, 3.05) is 24.6 Å². The van der Waals surface area contributed by atoms with Gasteiger partial charge in [0.15, 0.2) is 6.29 Å². The van der Waals surface area contributed by atoms with Crippen LogP contribution in [0.5, 0.6) is 0 Å². The lowest BCUT2D eigenvalue weighted by Crippen LogP contribution is -2.38. The Morgan fingerprint density at radius 3 is 2.22 bits per heavy atom. The minimum absolute atomic E-state index is 0.00358. The maximum Gasteiger partial charge on any atom is 0.224 e. The number of likely N-dealkylation sites (N-methyl/N-ethyl adjacent to an activating group) is 1. The molecule has 54 heavy (non-hydrogen) atoms. The van der Waals surface area contributed by atoms with Gasteiger partial charge in [-0.15, -0.1) is 0 Å². The minimum atomic E-state index is -0.567. The van der Waals surface area contributed by atoms with Crippen LogP contribution in [-0.4, -0.2) is 41.5 Å². The summed E-state index contributed by atoms with van der Waals surface area (Å²) < 4.78 is 13.3. The first-order valence-corrected chi connectivity index (χ1v) is 18.6. The SMILES string of the molecule is C[C@@H](c1ccccc1)N(C)C[C@H]1C[C@@H](c2ccc(CO)cc2)O[C@@H](c2ccc(-c3ccccc3CNC(=O)CCCC(=O)Nc3ccccc3N)cc2)O1. The molecule has 6 rings (SSSR count). The van der Waals surface area contributed by atoms with Crippen molar-refractivity contribution in [1.29, 1.82) is 0 Å². The normalized spacial score (nSPS) is 17.5. The molecule has 5 N–H and O–H groups in total. The predicted molar refractivity (Wildman–Crippen MR) is 213 cm³/mol. The van der Waals surface area contributed by atoms with Crippen molar-refractivity contribution in [3.8, 4) is 11.1 Å². The number of aliphatic hydroxyl groups excluding tert-OH is 1. The standard InChI is InChI=1S/C45H50N4O5/c1-31(33-11-4-3-5-12-33)49(2)29-38-27-42(35-21-19-32(30-50)20-22-35)54-45(53-38)36-25-23-34(24-26-36)39-14-7-6-13-37(39)28-47-43(51)17-10-18-44(52)48-41-16-9-8-15-40(41)46/h3-9,11-16,19-26,31,38,42,45,50H,10,17-18,27-30,46H2,1-2H3,(H,47,51)(H,48,52)/t31-,38+,42-,45-/m0/s1. The summed E-state index contributed by atoms with van der Waals surface area (Å²) in [6, 6.07) is 42.0. The number of benzene rings is 5. The first-order valence-electron chi connectivity index (χ1n) is 18.6. The van der Waals surface area contributed by atoms with E-state index in [1.54, 1.807) is 12.1 Å². The number of nitrogens with zero attached hydrogens (tertiary/aromatic N) is 1. The van der Waals surface area contributed by atoms with Crippen LogP contribution in [0, 0.1) is 0 Å². The average molecular weight is 727 g/mol. The second-order valence-corrected chi connectivity index (χ2v) is 13.9. The van der Waals surface area contributed by atoms with E-state index >= 15 is 0 Å². The topological polar surface area (TPSA) is 126 Å². The molecule has 5 aromatic rings. The summed E-state index contributed by atoms with van der Waals surface area (Å²) >= 11 is 0. The van der Waals surface area contributed by atoms with Crippen molar-refractivity contribution >= 4 is 23.2 Å². The van der Waals surface area contributed by atoms with Gasteiger partial charge in [-0.05, 0) is 65.9 Å². The van der Waals surface area contributed by atoms with Crippen LogP contribution in [0.25, 0.3) is 11.1 Å². The summed E-state index contributed by atoms with van der Waals surface area (Å²) in [7, 11) is 2.13. The predicted octanol–water partition coefficient (Wildman–Crippen LogP) is 8.09. The quantitative estimate of drug-likeness (QED) is 0.0804. The Kier molecular flexibility index (Phi) is 13.2. The van der Waals surface area contributed by atoms with Crippen LogP contribution >= 0.6 is 0 Å².